The van der Waals surface area contributed by atoms with E-state index in [9.17, 15) is 5.21 Å². The van der Waals surface area contributed by atoms with Gasteiger partial charge in [0.25, 0.3) is 5.90 Å². The molecule has 2 unspecified atom stereocenters. The van der Waals surface area contributed by atoms with E-state index in [0.717, 1.165) is 34.1 Å². The fraction of sp³-hybridized carbons (Fsp3) is 0.414. The number of likely N-dealkylation sites (N-methyl/N-ethyl adjacent to an activating group) is 1. The summed E-state index contributed by atoms with van der Waals surface area (Å²) in [6.07, 6.45) is 1.47. The molecule has 0 saturated heterocycles. The Kier molecular flexibility index (Phi) is 7.33. The van der Waals surface area contributed by atoms with E-state index in [1.54, 1.807) is 14.2 Å². The van der Waals surface area contributed by atoms with Crippen molar-refractivity contribution < 1.29 is 14.1 Å². The van der Waals surface area contributed by atoms with E-state index in [-0.39, 0.29) is 0 Å². The number of para-hydroxylation sites is 1. The van der Waals surface area contributed by atoms with E-state index in [1.807, 2.05) is 42.5 Å². The van der Waals surface area contributed by atoms with E-state index >= 15 is 0 Å². The number of hydroxylamine groups is 3. The number of rotatable bonds is 8. The lowest BCUT2D eigenvalue weighted by atomic mass is 9.97. The van der Waals surface area contributed by atoms with Crippen LogP contribution in [0.5, 0.6) is 0 Å². The minimum Gasteiger partial charge on any atom is -0.625 e. The Bertz CT molecular complexity index is 1220. The minimum absolute atomic E-state index is 0.293. The van der Waals surface area contributed by atoms with Gasteiger partial charge in [-0.15, -0.1) is 0 Å². The normalized spacial score (nSPS) is 20.6. The van der Waals surface area contributed by atoms with E-state index in [4.69, 9.17) is 14.5 Å². The quantitative estimate of drug-likeness (QED) is 0.294. The highest BCUT2D eigenvalue weighted by atomic mass is 16.6. The molecule has 2 aromatic carbocycles. The van der Waals surface area contributed by atoms with Crippen LogP contribution >= 0.6 is 0 Å². The van der Waals surface area contributed by atoms with Crippen LogP contribution in [0.1, 0.15) is 50.9 Å². The number of ether oxygens (including phenoxy) is 2. The zero-order valence-electron chi connectivity index (χ0n) is 21.7. The summed E-state index contributed by atoms with van der Waals surface area (Å²) < 4.78 is 11.4. The number of quaternary nitrogens is 1. The number of benzene rings is 2. The Labute approximate surface area is 208 Å². The van der Waals surface area contributed by atoms with Crippen molar-refractivity contribution in [1.29, 1.82) is 0 Å². The van der Waals surface area contributed by atoms with Crippen molar-refractivity contribution in [2.45, 2.75) is 53.2 Å². The number of H-pyrrole nitrogens is 1. The predicted octanol–water partition coefficient (Wildman–Crippen LogP) is 6.63. The highest BCUT2D eigenvalue weighted by Crippen LogP contribution is 2.40. The van der Waals surface area contributed by atoms with Crippen molar-refractivity contribution in [3.63, 3.8) is 0 Å². The minimum atomic E-state index is -0.696. The number of methoxy groups -OCH3 is 1. The van der Waals surface area contributed by atoms with E-state index in [1.165, 1.54) is 0 Å². The fourth-order valence-electron chi connectivity index (χ4n) is 4.87. The number of hydrogen-bond donors (Lipinski definition) is 1. The Hall–Kier alpha value is -3.09. The van der Waals surface area contributed by atoms with Crippen LogP contribution in [0, 0.1) is 17.0 Å². The molecule has 0 spiro atoms. The smallest absolute Gasteiger partial charge is 0.319 e. The van der Waals surface area contributed by atoms with Gasteiger partial charge in [-0.1, -0.05) is 76.2 Å². The summed E-state index contributed by atoms with van der Waals surface area (Å²) in [5.74, 6) is 1.51. The molecule has 1 aromatic heterocycles. The van der Waals surface area contributed by atoms with Crippen molar-refractivity contribution in [3.05, 3.63) is 82.5 Å². The van der Waals surface area contributed by atoms with Gasteiger partial charge < -0.3 is 19.7 Å². The van der Waals surface area contributed by atoms with Crippen LogP contribution in [0.3, 0.4) is 0 Å². The number of aromatic amines is 1. The lowest BCUT2D eigenvalue weighted by Gasteiger charge is -2.47. The van der Waals surface area contributed by atoms with Crippen molar-refractivity contribution in [2.24, 2.45) is 16.8 Å². The molecule has 6 heteroatoms. The molecular weight excluding hydrogens is 438 g/mol. The average molecular weight is 476 g/mol. The summed E-state index contributed by atoms with van der Waals surface area (Å²) in [7, 11) is 3.22. The molecule has 1 aliphatic rings. The van der Waals surface area contributed by atoms with Crippen molar-refractivity contribution in [3.8, 4) is 0 Å². The molecule has 0 saturated carbocycles. The number of hydrogen-bond acceptors (Lipinski definition) is 4. The molecule has 1 N–H and O–H groups in total. The summed E-state index contributed by atoms with van der Waals surface area (Å²) >= 11 is 0. The number of aromatic nitrogens is 1. The molecule has 0 radical (unpaired) electrons. The Morgan fingerprint density at radius 3 is 2.34 bits per heavy atom. The Morgan fingerprint density at radius 1 is 1.00 bits per heavy atom. The van der Waals surface area contributed by atoms with Gasteiger partial charge in [-0.3, -0.25) is 4.65 Å². The first-order chi connectivity index (χ1) is 16.7. The van der Waals surface area contributed by atoms with Crippen molar-refractivity contribution in [2.75, 3.05) is 14.2 Å². The van der Waals surface area contributed by atoms with Gasteiger partial charge in [0, 0.05) is 28.6 Å². The molecular formula is C29H37N3O3. The Morgan fingerprint density at radius 2 is 1.69 bits per heavy atom. The molecule has 0 bridgehead atoms. The first-order valence-corrected chi connectivity index (χ1v) is 12.4. The van der Waals surface area contributed by atoms with E-state index < -0.39 is 10.7 Å². The van der Waals surface area contributed by atoms with Gasteiger partial charge in [0.1, 0.15) is 6.61 Å². The maximum Gasteiger partial charge on any atom is 0.319 e. The molecule has 1 aliphatic heterocycles. The Balaban J connectivity index is 1.89. The summed E-state index contributed by atoms with van der Waals surface area (Å²) in [6, 6.07) is 17.6. The van der Waals surface area contributed by atoms with Crippen LogP contribution in [0.2, 0.25) is 0 Å². The summed E-state index contributed by atoms with van der Waals surface area (Å²) in [5, 5.41) is 15.4. The zero-order valence-corrected chi connectivity index (χ0v) is 21.7. The van der Waals surface area contributed by atoms with Gasteiger partial charge in [-0.05, 0) is 29.9 Å². The maximum absolute atomic E-state index is 14.3. The number of nitrogens with zero attached hydrogens (tertiary/aromatic N) is 2. The molecule has 0 amide bonds. The second-order valence-electron chi connectivity index (χ2n) is 10.3. The highest BCUT2D eigenvalue weighted by Gasteiger charge is 2.43. The largest absolute Gasteiger partial charge is 0.625 e. The second kappa shape index (κ2) is 10.3. The summed E-state index contributed by atoms with van der Waals surface area (Å²) in [4.78, 5) is 8.63. The van der Waals surface area contributed by atoms with Gasteiger partial charge in [-0.25, -0.2) is 4.99 Å². The number of nitrogens with one attached hydrogen (secondary N) is 1. The number of aliphatic imine (C=N–C) groups is 1. The third kappa shape index (κ3) is 5.14. The molecule has 4 rings (SSSR count). The van der Waals surface area contributed by atoms with Crippen molar-refractivity contribution in [1.82, 2.24) is 4.98 Å². The molecule has 6 nitrogen and oxygen atoms in total. The topological polar surface area (TPSA) is 69.7 Å². The third-order valence-electron chi connectivity index (χ3n) is 6.46. The van der Waals surface area contributed by atoms with Gasteiger partial charge in [0.05, 0.1) is 14.2 Å². The van der Waals surface area contributed by atoms with E-state index in [2.05, 4.69) is 44.8 Å². The average Bonchev–Trinajstić information content (AvgIpc) is 3.16. The summed E-state index contributed by atoms with van der Waals surface area (Å²) in [6.45, 7) is 8.95. The lowest BCUT2D eigenvalue weighted by molar-refractivity contribution is -0.855. The predicted molar refractivity (Wildman–Crippen MR) is 142 cm³/mol. The SMILES string of the molecule is COC1=C(c2c(CC(C)C)[nH]c3ccccc23)N=C(OCc2ccccc2)C(CC(C)C)[N+]1(C)[O-]. The molecule has 186 valence electrons. The molecule has 0 fully saturated rings. The lowest BCUT2D eigenvalue weighted by Crippen LogP contribution is -2.54. The number of fused-ring (bicyclic) bond motifs is 1. The van der Waals surface area contributed by atoms with Gasteiger partial charge in [0.2, 0.25) is 0 Å². The monoisotopic (exact) mass is 475 g/mol. The molecule has 3 aromatic rings. The maximum atomic E-state index is 14.3. The van der Waals surface area contributed by atoms with Crippen LogP contribution in [0.15, 0.2) is 65.5 Å². The second-order valence-corrected chi connectivity index (χ2v) is 10.3. The molecule has 2 heterocycles. The molecule has 35 heavy (non-hydrogen) atoms. The first-order valence-electron chi connectivity index (χ1n) is 12.4. The van der Waals surface area contributed by atoms with Gasteiger partial charge >= 0.3 is 5.88 Å². The first kappa shape index (κ1) is 25.0. The van der Waals surface area contributed by atoms with Gasteiger partial charge in [0.15, 0.2) is 11.7 Å². The fourth-order valence-corrected chi connectivity index (χ4v) is 4.87. The van der Waals surface area contributed by atoms with Crippen molar-refractivity contribution >= 4 is 22.5 Å². The standard InChI is InChI=1S/C29H37N3O3/c1-19(2)16-24-26(22-14-10-11-15-23(22)30-24)27-29(34-6)32(5,33)25(17-20(3)4)28(31-27)35-18-21-12-8-7-9-13-21/h7-15,19-20,25,30H,16-18H2,1-6H3. The van der Waals surface area contributed by atoms with Crippen LogP contribution in [-0.4, -0.2) is 35.7 Å². The van der Waals surface area contributed by atoms with Crippen LogP contribution < -0.4 is 0 Å². The van der Waals surface area contributed by atoms with Crippen LogP contribution in [-0.2, 0) is 22.5 Å². The third-order valence-corrected chi connectivity index (χ3v) is 6.46. The van der Waals surface area contributed by atoms with Crippen LogP contribution in [0.25, 0.3) is 16.6 Å². The van der Waals surface area contributed by atoms with E-state index in [0.29, 0.717) is 42.3 Å². The highest BCUT2D eigenvalue weighted by molar-refractivity contribution is 5.98. The van der Waals surface area contributed by atoms with Gasteiger partial charge in [-0.2, -0.15) is 0 Å². The molecule has 2 atom stereocenters. The van der Waals surface area contributed by atoms with Crippen LogP contribution in [0.4, 0.5) is 0 Å². The zero-order chi connectivity index (χ0) is 25.2. The molecule has 0 aliphatic carbocycles. The summed E-state index contributed by atoms with van der Waals surface area (Å²) in [5.41, 5.74) is 4.59.